The first kappa shape index (κ1) is 24.7. The fraction of sp³-hybridized carbons (Fsp3) is 0.0588. The summed E-state index contributed by atoms with van der Waals surface area (Å²) >= 11 is 0. The number of nitrogens with zero attached hydrogens (tertiary/aromatic N) is 5. The third kappa shape index (κ3) is 3.61. The van der Waals surface area contributed by atoms with Gasteiger partial charge in [0.1, 0.15) is 0 Å². The molecule has 0 aliphatic carbocycles. The zero-order valence-corrected chi connectivity index (χ0v) is 24.2. The molecule has 3 heterocycles. The zero-order chi connectivity index (χ0) is 26.1. The van der Waals surface area contributed by atoms with Crippen LogP contribution < -0.4 is 9.80 Å². The molecule has 8 rings (SSSR count). The number of aromatic nitrogens is 3. The van der Waals surface area contributed by atoms with Crippen LogP contribution in [0.15, 0.2) is 103 Å². The van der Waals surface area contributed by atoms with Gasteiger partial charge in [0, 0.05) is 45.0 Å². The minimum Gasteiger partial charge on any atom is -0.504 e. The van der Waals surface area contributed by atoms with Gasteiger partial charge in [-0.25, -0.2) is 0 Å². The maximum atomic E-state index is 4.94. The zero-order valence-electron chi connectivity index (χ0n) is 21.9. The summed E-state index contributed by atoms with van der Waals surface area (Å²) in [6.45, 7) is 2.11. The molecule has 198 valence electrons. The number of imidazole rings is 1. The number of anilines is 3. The van der Waals surface area contributed by atoms with E-state index in [1.807, 2.05) is 6.07 Å². The molecule has 0 bridgehead atoms. The van der Waals surface area contributed by atoms with Crippen LogP contribution >= 0.6 is 0 Å². The Labute approximate surface area is 247 Å². The molecule has 0 N–H and O–H groups in total. The largest absolute Gasteiger partial charge is 0.504 e. The van der Waals surface area contributed by atoms with Crippen LogP contribution in [0.1, 0.15) is 0 Å². The van der Waals surface area contributed by atoms with E-state index < -0.39 is 0 Å². The van der Waals surface area contributed by atoms with Gasteiger partial charge >= 0.3 is 0 Å². The van der Waals surface area contributed by atoms with Crippen molar-refractivity contribution in [2.75, 3.05) is 16.8 Å². The van der Waals surface area contributed by atoms with Crippen LogP contribution in [0.3, 0.4) is 0 Å². The van der Waals surface area contributed by atoms with Gasteiger partial charge in [0.15, 0.2) is 0 Å². The molecular weight excluding hydrogens is 673 g/mol. The fourth-order valence-electron chi connectivity index (χ4n) is 5.83. The Bertz CT molecular complexity index is 2050. The Balaban J connectivity index is 0.00000264. The van der Waals surface area contributed by atoms with Crippen molar-refractivity contribution in [3.63, 3.8) is 0 Å². The van der Waals surface area contributed by atoms with Crippen LogP contribution in [0.4, 0.5) is 17.1 Å². The van der Waals surface area contributed by atoms with Crippen molar-refractivity contribution in [2.45, 2.75) is 0 Å². The van der Waals surface area contributed by atoms with E-state index in [-0.39, 0.29) is 21.1 Å². The predicted molar refractivity (Wildman–Crippen MR) is 159 cm³/mol. The van der Waals surface area contributed by atoms with E-state index in [1.54, 1.807) is 0 Å². The van der Waals surface area contributed by atoms with E-state index in [2.05, 4.69) is 149 Å². The van der Waals surface area contributed by atoms with E-state index in [0.29, 0.717) is 0 Å². The summed E-state index contributed by atoms with van der Waals surface area (Å²) in [5.74, 6) is 0.902. The number of para-hydroxylation sites is 5. The molecule has 6 heteroatoms. The molecule has 0 radical (unpaired) electrons. The van der Waals surface area contributed by atoms with Crippen molar-refractivity contribution in [1.29, 1.82) is 0 Å². The van der Waals surface area contributed by atoms with Crippen molar-refractivity contribution in [1.82, 2.24) is 14.1 Å². The number of hydrogen-bond donors (Lipinski definition) is 0. The van der Waals surface area contributed by atoms with Crippen molar-refractivity contribution < 1.29 is 21.1 Å². The smallest absolute Gasteiger partial charge is 0.0770 e. The number of benzene rings is 5. The molecule has 1 aliphatic heterocycles. The molecule has 0 unspecified atom stereocenters. The van der Waals surface area contributed by atoms with E-state index in [0.717, 1.165) is 55.9 Å². The Kier molecular flexibility index (Phi) is 5.80. The van der Waals surface area contributed by atoms with Gasteiger partial charge in [-0.3, -0.25) is 4.98 Å². The summed E-state index contributed by atoms with van der Waals surface area (Å²) in [4.78, 5) is 9.28. The minimum atomic E-state index is 0. The van der Waals surface area contributed by atoms with Gasteiger partial charge in [-0.05, 0) is 48.3 Å². The maximum absolute atomic E-state index is 4.94. The number of aryl methyl sites for hydroxylation is 1. The van der Waals surface area contributed by atoms with Gasteiger partial charge in [0.05, 0.1) is 16.9 Å². The Morgan fingerprint density at radius 2 is 1.38 bits per heavy atom. The second-order valence-electron chi connectivity index (χ2n) is 9.98. The molecule has 2 aromatic heterocycles. The monoisotopic (exact) mass is 697 g/mol. The molecule has 7 aromatic rings. The molecule has 0 spiro atoms. The van der Waals surface area contributed by atoms with Crippen molar-refractivity contribution in [2.24, 2.45) is 7.05 Å². The summed E-state index contributed by atoms with van der Waals surface area (Å²) in [6.07, 6.45) is 0. The fourth-order valence-corrected chi connectivity index (χ4v) is 5.83. The molecule has 40 heavy (non-hydrogen) atoms. The number of fused-ring (bicyclic) bond motifs is 5. The third-order valence-corrected chi connectivity index (χ3v) is 7.69. The average molecular weight is 698 g/mol. The first-order valence-electron chi connectivity index (χ1n) is 13.0. The van der Waals surface area contributed by atoms with Crippen LogP contribution in [0.2, 0.25) is 0 Å². The number of hydrogen-bond acceptors (Lipinski definition) is 3. The van der Waals surface area contributed by atoms with Crippen LogP contribution in [-0.4, -0.2) is 21.2 Å². The molecule has 5 aromatic carbocycles. The quantitative estimate of drug-likeness (QED) is 0.178. The predicted octanol–water partition coefficient (Wildman–Crippen LogP) is 7.64. The second kappa shape index (κ2) is 9.39. The van der Waals surface area contributed by atoms with Crippen LogP contribution in [0, 0.1) is 18.8 Å². The van der Waals surface area contributed by atoms with E-state index in [4.69, 9.17) is 4.98 Å². The standard InChI is InChI=1S/C34H24N5.Pt/c1-36-22-38(32-17-8-7-16-31(32)36)24-10-9-11-25(21-24)39-29-14-5-3-12-26(29)27-19-18-23(20-33(27)39)34-35-28-13-4-6-15-30(28)37(34)2;/h3-19,22H,1-2H3;/q-3;. The Morgan fingerprint density at radius 3 is 2.23 bits per heavy atom. The third-order valence-electron chi connectivity index (χ3n) is 7.69. The summed E-state index contributed by atoms with van der Waals surface area (Å²) < 4.78 is 4.41. The van der Waals surface area contributed by atoms with Gasteiger partial charge in [-0.1, -0.05) is 53.5 Å². The summed E-state index contributed by atoms with van der Waals surface area (Å²) in [6, 6.07) is 43.3. The molecule has 0 saturated carbocycles. The average Bonchev–Trinajstić information content (AvgIpc) is 3.62. The minimum absolute atomic E-state index is 0. The van der Waals surface area contributed by atoms with Gasteiger partial charge in [-0.15, -0.1) is 47.6 Å². The van der Waals surface area contributed by atoms with Crippen molar-refractivity contribution in [3.05, 3.63) is 122 Å². The van der Waals surface area contributed by atoms with Crippen LogP contribution in [-0.2, 0) is 28.1 Å². The van der Waals surface area contributed by atoms with Crippen molar-refractivity contribution in [3.8, 4) is 17.1 Å². The van der Waals surface area contributed by atoms with Gasteiger partial charge in [0.25, 0.3) is 0 Å². The van der Waals surface area contributed by atoms with Gasteiger partial charge < -0.3 is 18.9 Å². The van der Waals surface area contributed by atoms with E-state index in [9.17, 15) is 0 Å². The summed E-state index contributed by atoms with van der Waals surface area (Å²) in [5, 5.41) is 2.35. The summed E-state index contributed by atoms with van der Waals surface area (Å²) in [5.41, 5.74) is 9.47. The molecule has 1 aliphatic rings. The van der Waals surface area contributed by atoms with Crippen molar-refractivity contribution >= 4 is 49.9 Å². The topological polar surface area (TPSA) is 29.2 Å². The first-order valence-corrected chi connectivity index (χ1v) is 13.0. The molecule has 0 amide bonds. The molecule has 0 saturated heterocycles. The molecule has 0 atom stereocenters. The Morgan fingerprint density at radius 1 is 0.650 bits per heavy atom. The SMILES string of the molecule is CN1[CH-]N(c2[c-]c(-n3c4[c-]c(-c5nc6ccccc6n5C)ccc4c4ccccc43)ccc2)c2ccccc21.[Pt]. The van der Waals surface area contributed by atoms with Gasteiger partial charge in [0.2, 0.25) is 0 Å². The Hall–Kier alpha value is -4.34. The summed E-state index contributed by atoms with van der Waals surface area (Å²) in [7, 11) is 4.14. The normalized spacial score (nSPS) is 12.8. The second-order valence-corrected chi connectivity index (χ2v) is 9.98. The van der Waals surface area contributed by atoms with E-state index >= 15 is 0 Å². The maximum Gasteiger partial charge on any atom is 0.0770 e. The molecule has 0 fully saturated rings. The number of rotatable bonds is 3. The van der Waals surface area contributed by atoms with Crippen LogP contribution in [0.5, 0.6) is 0 Å². The van der Waals surface area contributed by atoms with E-state index in [1.165, 1.54) is 11.1 Å². The molecule has 5 nitrogen and oxygen atoms in total. The van der Waals surface area contributed by atoms with Crippen LogP contribution in [0.25, 0.3) is 49.9 Å². The molecular formula is C34H24N5Pt-3. The first-order chi connectivity index (χ1) is 19.2. The van der Waals surface area contributed by atoms with Gasteiger partial charge in [-0.2, -0.15) is 12.7 Å².